The Morgan fingerprint density at radius 2 is 1.61 bits per heavy atom. The molecule has 0 aliphatic carbocycles. The number of piperazine rings is 1. The van der Waals surface area contributed by atoms with E-state index in [9.17, 15) is 0 Å². The summed E-state index contributed by atoms with van der Waals surface area (Å²) in [5.74, 6) is 2.15. The fourth-order valence-corrected chi connectivity index (χ4v) is 3.15. The number of methoxy groups -OCH3 is 3. The summed E-state index contributed by atoms with van der Waals surface area (Å²) >= 11 is 0. The van der Waals surface area contributed by atoms with Crippen LogP contribution in [0.25, 0.3) is 0 Å². The van der Waals surface area contributed by atoms with Crippen LogP contribution >= 0.6 is 0 Å². The highest BCUT2D eigenvalue weighted by molar-refractivity contribution is 5.55. The van der Waals surface area contributed by atoms with E-state index in [1.807, 2.05) is 6.07 Å². The predicted octanol–water partition coefficient (Wildman–Crippen LogP) is 2.63. The number of hydrogen-bond donors (Lipinski definition) is 0. The molecule has 1 atom stereocenters. The van der Waals surface area contributed by atoms with E-state index in [1.165, 1.54) is 6.42 Å². The Hall–Kier alpha value is -1.46. The van der Waals surface area contributed by atoms with Gasteiger partial charge in [0.25, 0.3) is 0 Å². The second kappa shape index (κ2) is 8.41. The Kier molecular flexibility index (Phi) is 6.54. The van der Waals surface area contributed by atoms with Gasteiger partial charge in [0.1, 0.15) is 0 Å². The second-order valence-electron chi connectivity index (χ2n) is 6.06. The van der Waals surface area contributed by atoms with Crippen molar-refractivity contribution in [2.24, 2.45) is 0 Å². The van der Waals surface area contributed by atoms with Gasteiger partial charge < -0.3 is 14.2 Å². The standard InChI is InChI=1S/C18H30N2O3/c1-6-14(2)20-11-9-19(10-12-20)13-15-7-8-16(21-3)18(23-5)17(15)22-4/h7-8,14H,6,9-13H2,1-5H3/t14-/m1/s1. The Morgan fingerprint density at radius 1 is 0.957 bits per heavy atom. The van der Waals surface area contributed by atoms with Gasteiger partial charge in [-0.15, -0.1) is 0 Å². The zero-order valence-electron chi connectivity index (χ0n) is 15.1. The first-order valence-corrected chi connectivity index (χ1v) is 8.38. The summed E-state index contributed by atoms with van der Waals surface area (Å²) < 4.78 is 16.4. The van der Waals surface area contributed by atoms with E-state index < -0.39 is 0 Å². The van der Waals surface area contributed by atoms with Crippen LogP contribution in [0.15, 0.2) is 12.1 Å². The predicted molar refractivity (Wildman–Crippen MR) is 92.7 cm³/mol. The SMILES string of the molecule is CC[C@@H](C)N1CCN(Cc2ccc(OC)c(OC)c2OC)CC1. The molecule has 1 aromatic carbocycles. The molecule has 0 bridgehead atoms. The Balaban J connectivity index is 2.06. The molecule has 1 fully saturated rings. The molecular weight excluding hydrogens is 292 g/mol. The lowest BCUT2D eigenvalue weighted by Gasteiger charge is -2.38. The lowest BCUT2D eigenvalue weighted by molar-refractivity contribution is 0.0957. The van der Waals surface area contributed by atoms with Crippen molar-refractivity contribution in [2.45, 2.75) is 32.9 Å². The Bertz CT molecular complexity index is 499. The van der Waals surface area contributed by atoms with Gasteiger partial charge in [0.05, 0.1) is 21.3 Å². The summed E-state index contributed by atoms with van der Waals surface area (Å²) in [7, 11) is 4.97. The summed E-state index contributed by atoms with van der Waals surface area (Å²) in [5.41, 5.74) is 1.14. The number of hydrogen-bond acceptors (Lipinski definition) is 5. The Labute approximate surface area is 140 Å². The summed E-state index contributed by atoms with van der Waals surface area (Å²) in [6, 6.07) is 4.70. The third kappa shape index (κ3) is 4.09. The van der Waals surface area contributed by atoms with Crippen LogP contribution in [0, 0.1) is 0 Å². The van der Waals surface area contributed by atoms with Crippen molar-refractivity contribution in [3.05, 3.63) is 17.7 Å². The minimum atomic E-state index is 0.672. The molecule has 1 heterocycles. The highest BCUT2D eigenvalue weighted by Gasteiger charge is 2.22. The van der Waals surface area contributed by atoms with Crippen LogP contribution in [-0.2, 0) is 6.54 Å². The van der Waals surface area contributed by atoms with Gasteiger partial charge in [-0.3, -0.25) is 9.80 Å². The van der Waals surface area contributed by atoms with E-state index in [1.54, 1.807) is 21.3 Å². The summed E-state index contributed by atoms with van der Waals surface area (Å²) in [6.07, 6.45) is 1.21. The zero-order chi connectivity index (χ0) is 16.8. The van der Waals surface area contributed by atoms with Crippen LogP contribution in [-0.4, -0.2) is 63.4 Å². The smallest absolute Gasteiger partial charge is 0.203 e. The third-order valence-corrected chi connectivity index (χ3v) is 4.80. The maximum Gasteiger partial charge on any atom is 0.203 e. The molecule has 1 aliphatic heterocycles. The molecule has 1 aliphatic rings. The van der Waals surface area contributed by atoms with Crippen LogP contribution in [0.3, 0.4) is 0 Å². The van der Waals surface area contributed by atoms with Crippen molar-refractivity contribution < 1.29 is 14.2 Å². The number of benzene rings is 1. The minimum absolute atomic E-state index is 0.672. The van der Waals surface area contributed by atoms with E-state index in [2.05, 4.69) is 29.7 Å². The monoisotopic (exact) mass is 322 g/mol. The maximum atomic E-state index is 5.59. The molecule has 2 rings (SSSR count). The largest absolute Gasteiger partial charge is 0.493 e. The molecule has 1 aromatic rings. The summed E-state index contributed by atoms with van der Waals surface area (Å²) in [4.78, 5) is 5.05. The highest BCUT2D eigenvalue weighted by Crippen LogP contribution is 2.40. The molecule has 5 nitrogen and oxygen atoms in total. The van der Waals surface area contributed by atoms with E-state index in [0.29, 0.717) is 17.5 Å². The fourth-order valence-electron chi connectivity index (χ4n) is 3.15. The topological polar surface area (TPSA) is 34.2 Å². The van der Waals surface area contributed by atoms with Gasteiger partial charge in [-0.2, -0.15) is 0 Å². The number of nitrogens with zero attached hydrogens (tertiary/aromatic N) is 2. The minimum Gasteiger partial charge on any atom is -0.493 e. The first-order chi connectivity index (χ1) is 11.1. The molecule has 23 heavy (non-hydrogen) atoms. The van der Waals surface area contributed by atoms with Gasteiger partial charge in [0.15, 0.2) is 11.5 Å². The van der Waals surface area contributed by atoms with Gasteiger partial charge in [-0.05, 0) is 19.4 Å². The molecule has 0 N–H and O–H groups in total. The highest BCUT2D eigenvalue weighted by atomic mass is 16.5. The van der Waals surface area contributed by atoms with Gasteiger partial charge in [-0.1, -0.05) is 13.0 Å². The van der Waals surface area contributed by atoms with Crippen molar-refractivity contribution in [3.8, 4) is 17.2 Å². The van der Waals surface area contributed by atoms with Crippen molar-refractivity contribution in [1.82, 2.24) is 9.80 Å². The van der Waals surface area contributed by atoms with Gasteiger partial charge >= 0.3 is 0 Å². The molecule has 0 saturated carbocycles. The lowest BCUT2D eigenvalue weighted by Crippen LogP contribution is -2.49. The van der Waals surface area contributed by atoms with E-state index in [4.69, 9.17) is 14.2 Å². The molecule has 5 heteroatoms. The summed E-state index contributed by atoms with van der Waals surface area (Å²) in [6.45, 7) is 9.87. The Morgan fingerprint density at radius 3 is 2.13 bits per heavy atom. The van der Waals surface area contributed by atoms with Crippen molar-refractivity contribution in [3.63, 3.8) is 0 Å². The average Bonchev–Trinajstić information content (AvgIpc) is 2.61. The summed E-state index contributed by atoms with van der Waals surface area (Å²) in [5, 5.41) is 0. The first kappa shape index (κ1) is 17.9. The molecule has 0 aromatic heterocycles. The normalized spacial score (nSPS) is 17.8. The van der Waals surface area contributed by atoms with E-state index in [0.717, 1.165) is 44.0 Å². The van der Waals surface area contributed by atoms with Crippen LogP contribution in [0.5, 0.6) is 17.2 Å². The van der Waals surface area contributed by atoms with E-state index in [-0.39, 0.29) is 0 Å². The quantitative estimate of drug-likeness (QED) is 0.771. The van der Waals surface area contributed by atoms with Crippen LogP contribution in [0.2, 0.25) is 0 Å². The molecule has 0 unspecified atom stereocenters. The molecule has 0 radical (unpaired) electrons. The number of rotatable bonds is 7. The molecular formula is C18H30N2O3. The lowest BCUT2D eigenvalue weighted by atomic mass is 10.1. The third-order valence-electron chi connectivity index (χ3n) is 4.80. The zero-order valence-corrected chi connectivity index (χ0v) is 15.1. The molecule has 1 saturated heterocycles. The van der Waals surface area contributed by atoms with Crippen LogP contribution in [0.1, 0.15) is 25.8 Å². The van der Waals surface area contributed by atoms with Crippen molar-refractivity contribution in [1.29, 1.82) is 0 Å². The van der Waals surface area contributed by atoms with Gasteiger partial charge in [0, 0.05) is 44.3 Å². The maximum absolute atomic E-state index is 5.59. The first-order valence-electron chi connectivity index (χ1n) is 8.38. The van der Waals surface area contributed by atoms with Crippen molar-refractivity contribution >= 4 is 0 Å². The van der Waals surface area contributed by atoms with Gasteiger partial charge in [0.2, 0.25) is 5.75 Å². The fraction of sp³-hybridized carbons (Fsp3) is 0.667. The van der Waals surface area contributed by atoms with Crippen molar-refractivity contribution in [2.75, 3.05) is 47.5 Å². The molecule has 0 spiro atoms. The second-order valence-corrected chi connectivity index (χ2v) is 6.06. The van der Waals surface area contributed by atoms with Crippen LogP contribution < -0.4 is 14.2 Å². The molecule has 130 valence electrons. The van der Waals surface area contributed by atoms with Gasteiger partial charge in [-0.25, -0.2) is 0 Å². The average molecular weight is 322 g/mol. The molecule has 0 amide bonds. The van der Waals surface area contributed by atoms with Crippen LogP contribution in [0.4, 0.5) is 0 Å². The number of ether oxygens (including phenoxy) is 3. The van der Waals surface area contributed by atoms with E-state index >= 15 is 0 Å².